The summed E-state index contributed by atoms with van der Waals surface area (Å²) in [6.07, 6.45) is 7.64. The number of rotatable bonds is 4. The van der Waals surface area contributed by atoms with Gasteiger partial charge >= 0.3 is 29.0 Å². The zero-order valence-electron chi connectivity index (χ0n) is 24.6. The van der Waals surface area contributed by atoms with E-state index in [-0.39, 0.29) is 28.2 Å². The Hall–Kier alpha value is -6.03. The van der Waals surface area contributed by atoms with Crippen molar-refractivity contribution in [3.63, 3.8) is 0 Å². The van der Waals surface area contributed by atoms with Crippen LogP contribution in [0.1, 0.15) is 50.4 Å². The second-order valence-corrected chi connectivity index (χ2v) is 10.3. The molecule has 2 aliphatic heterocycles. The van der Waals surface area contributed by atoms with Crippen molar-refractivity contribution in [2.24, 2.45) is 0 Å². The fraction of sp³-hybridized carbons (Fsp3) is 0.0278. The van der Waals surface area contributed by atoms with Crippen LogP contribution in [0.15, 0.2) is 84.9 Å². The molecule has 7 rings (SSSR count). The summed E-state index contributed by atoms with van der Waals surface area (Å²) in [6.45, 7) is 1.08. The van der Waals surface area contributed by atoms with Gasteiger partial charge in [-0.2, -0.15) is 0 Å². The van der Waals surface area contributed by atoms with Gasteiger partial charge < -0.3 is 25.3 Å². The zero-order chi connectivity index (χ0) is 32.4. The molecular weight excluding hydrogens is 639 g/mol. The number of aromatic carboxylic acids is 2. The predicted octanol–water partition coefficient (Wildman–Crippen LogP) is 6.73. The van der Waals surface area contributed by atoms with E-state index < -0.39 is 17.9 Å². The van der Waals surface area contributed by atoms with Gasteiger partial charge in [0.1, 0.15) is 0 Å². The number of aromatic nitrogens is 4. The first-order chi connectivity index (χ1) is 22.1. The smallest absolute Gasteiger partial charge is 0.657 e. The van der Waals surface area contributed by atoms with E-state index in [0.29, 0.717) is 44.8 Å². The quantitative estimate of drug-likeness (QED) is 0.172. The third-order valence-corrected chi connectivity index (χ3v) is 7.10. The third-order valence-electron chi connectivity index (χ3n) is 7.10. The summed E-state index contributed by atoms with van der Waals surface area (Å²) in [5.41, 5.74) is 9.20. The summed E-state index contributed by atoms with van der Waals surface area (Å²) < 4.78 is 0. The second kappa shape index (κ2) is 13.5. The van der Waals surface area contributed by atoms with E-state index in [9.17, 15) is 19.8 Å². The van der Waals surface area contributed by atoms with Crippen LogP contribution in [0.5, 0.6) is 0 Å². The van der Waals surface area contributed by atoms with Crippen LogP contribution in [0.3, 0.4) is 0 Å². The van der Waals surface area contributed by atoms with E-state index >= 15 is 0 Å². The molecule has 5 heterocycles. The van der Waals surface area contributed by atoms with Gasteiger partial charge in [-0.05, 0) is 70.8 Å². The van der Waals surface area contributed by atoms with Gasteiger partial charge in [0.2, 0.25) is 0 Å². The molecule has 0 saturated carbocycles. The van der Waals surface area contributed by atoms with Crippen LogP contribution in [0.2, 0.25) is 0 Å². The van der Waals surface area contributed by atoms with Gasteiger partial charge in [0.05, 0.1) is 33.9 Å². The Morgan fingerprint density at radius 1 is 0.553 bits per heavy atom. The maximum Gasteiger partial charge on any atom is 2.00 e. The molecule has 2 aromatic carbocycles. The van der Waals surface area contributed by atoms with Crippen LogP contribution in [0.25, 0.3) is 68.6 Å². The standard InChI is InChI=1S/C34H22N4O4.C2H4O2.Mn/c39-33(40)21-5-1-19(2-6-21)31-27-13-9-23(35-27)17-25-11-15-29(37-25)32(20-3-7-22(8-4-20)34(41)42)30-16-12-26(38-30)18-24-10-14-28(31)36-24;1-2(3)4;/h1-18H,(H4,35,36,37,38,39,40,41,42);1H3,(H,3,4);/q;;+2/p-2. The van der Waals surface area contributed by atoms with E-state index in [4.69, 9.17) is 29.8 Å². The van der Waals surface area contributed by atoms with E-state index in [1.807, 2.05) is 60.7 Å². The van der Waals surface area contributed by atoms with Crippen LogP contribution in [0.4, 0.5) is 0 Å². The van der Waals surface area contributed by atoms with Crippen LogP contribution >= 0.6 is 0 Å². The van der Waals surface area contributed by atoms with Crippen molar-refractivity contribution in [1.82, 2.24) is 19.9 Å². The number of carbonyl (C=O) groups is 3. The molecule has 0 saturated heterocycles. The van der Waals surface area contributed by atoms with Crippen molar-refractivity contribution in [3.8, 4) is 22.3 Å². The van der Waals surface area contributed by atoms with Crippen molar-refractivity contribution in [2.45, 2.75) is 6.92 Å². The van der Waals surface area contributed by atoms with Crippen LogP contribution in [0, 0.1) is 0 Å². The fourth-order valence-electron chi connectivity index (χ4n) is 5.11. The number of fused-ring (bicyclic) bond motifs is 8. The van der Waals surface area contributed by atoms with E-state index in [1.54, 1.807) is 48.5 Å². The predicted molar refractivity (Wildman–Crippen MR) is 175 cm³/mol. The van der Waals surface area contributed by atoms with Gasteiger partial charge in [0, 0.05) is 6.92 Å². The van der Waals surface area contributed by atoms with Gasteiger partial charge in [-0.1, -0.05) is 60.7 Å². The summed E-state index contributed by atoms with van der Waals surface area (Å²) in [7, 11) is 0. The van der Waals surface area contributed by atoms with Gasteiger partial charge in [0.15, 0.2) is 0 Å². The summed E-state index contributed by atoms with van der Waals surface area (Å²) >= 11 is 0. The summed E-state index contributed by atoms with van der Waals surface area (Å²) in [5, 5.41) is 26.1. The fourth-order valence-corrected chi connectivity index (χ4v) is 5.11. The Balaban J connectivity index is 0.000000822. The maximum absolute atomic E-state index is 11.4. The normalized spacial score (nSPS) is 11.3. The number of nitrogens with zero attached hydrogens (tertiary/aromatic N) is 4. The number of hydrogen-bond acceptors (Lipinski definition) is 5. The van der Waals surface area contributed by atoms with Gasteiger partial charge in [0.25, 0.3) is 5.97 Å². The monoisotopic (exact) mass is 663 g/mol. The SMILES string of the molecule is CC(=O)O.O=C(O)c1ccc(-c2c3nc(cc4ccc([n-]4)c(-c4ccc(C(=O)O)cc4)c4nc(cc5ccc2[n-]5)C=C4)C=C3)cc1.[Mn+2]. The van der Waals surface area contributed by atoms with Crippen molar-refractivity contribution in [2.75, 3.05) is 0 Å². The van der Waals surface area contributed by atoms with Crippen LogP contribution < -0.4 is 9.97 Å². The van der Waals surface area contributed by atoms with E-state index in [1.165, 1.54) is 0 Å². The molecule has 0 spiro atoms. The molecule has 5 aromatic rings. The molecule has 8 bridgehead atoms. The summed E-state index contributed by atoms with van der Waals surface area (Å²) in [6, 6.07) is 24.8. The Morgan fingerprint density at radius 2 is 0.915 bits per heavy atom. The first kappa shape index (κ1) is 32.4. The third kappa shape index (κ3) is 7.12. The Labute approximate surface area is 278 Å². The topological polar surface area (TPSA) is 166 Å². The van der Waals surface area contributed by atoms with Crippen molar-refractivity contribution < 1.29 is 46.8 Å². The molecule has 0 atom stereocenters. The van der Waals surface area contributed by atoms with Crippen molar-refractivity contribution >= 4 is 64.3 Å². The van der Waals surface area contributed by atoms with Crippen LogP contribution in [-0.2, 0) is 21.9 Å². The molecular formula is C36H24MnN4O6. The summed E-state index contributed by atoms with van der Waals surface area (Å²) in [4.78, 5) is 51.3. The van der Waals surface area contributed by atoms with Gasteiger partial charge in [-0.3, -0.25) is 4.79 Å². The molecule has 11 heteroatoms. The molecule has 0 fully saturated rings. The zero-order valence-corrected chi connectivity index (χ0v) is 25.8. The second-order valence-electron chi connectivity index (χ2n) is 10.3. The number of hydrogen-bond donors (Lipinski definition) is 3. The molecule has 10 nitrogen and oxygen atoms in total. The minimum Gasteiger partial charge on any atom is -0.657 e. The summed E-state index contributed by atoms with van der Waals surface area (Å²) in [5.74, 6) is -2.81. The average molecular weight is 664 g/mol. The minimum absolute atomic E-state index is 0. The average Bonchev–Trinajstić information content (AvgIpc) is 3.84. The Bertz CT molecular complexity index is 2090. The first-order valence-electron chi connectivity index (χ1n) is 14.0. The van der Waals surface area contributed by atoms with Crippen molar-refractivity contribution in [3.05, 3.63) is 119 Å². The largest absolute Gasteiger partial charge is 2.00 e. The Morgan fingerprint density at radius 3 is 1.26 bits per heavy atom. The minimum atomic E-state index is -0.989. The van der Waals surface area contributed by atoms with Crippen molar-refractivity contribution in [1.29, 1.82) is 0 Å². The molecule has 3 N–H and O–H groups in total. The number of carboxylic acids is 3. The first-order valence-corrected chi connectivity index (χ1v) is 14.0. The molecule has 0 unspecified atom stereocenters. The number of benzene rings is 2. The van der Waals surface area contributed by atoms with E-state index in [2.05, 4.69) is 0 Å². The number of carboxylic acid groups (broad SMARTS) is 3. The molecule has 0 aliphatic carbocycles. The molecule has 47 heavy (non-hydrogen) atoms. The van der Waals surface area contributed by atoms with Crippen LogP contribution in [-0.4, -0.2) is 43.2 Å². The molecule has 3 aromatic heterocycles. The molecule has 1 radical (unpaired) electrons. The van der Waals surface area contributed by atoms with Gasteiger partial charge in [-0.25, -0.2) is 19.6 Å². The maximum atomic E-state index is 11.4. The molecule has 2 aliphatic rings. The van der Waals surface area contributed by atoms with E-state index in [0.717, 1.165) is 29.2 Å². The number of aliphatic carboxylic acids is 1. The van der Waals surface area contributed by atoms with Gasteiger partial charge in [-0.15, -0.1) is 22.1 Å². The molecule has 0 amide bonds. The molecule has 231 valence electrons. The Kier molecular flexibility index (Phi) is 9.32.